The van der Waals surface area contributed by atoms with Crippen LogP contribution in [0.4, 0.5) is 13.2 Å². The number of pyridine rings is 1. The zero-order valence-electron chi connectivity index (χ0n) is 11.9. The summed E-state index contributed by atoms with van der Waals surface area (Å²) in [5.41, 5.74) is -0.420. The number of piperidine rings is 1. The highest BCUT2D eigenvalue weighted by Gasteiger charge is 2.31. The van der Waals surface area contributed by atoms with Gasteiger partial charge in [-0.1, -0.05) is 0 Å². The molecular formula is C15H16F3N3O. The largest absolute Gasteiger partial charge is 0.417 e. The Balaban J connectivity index is 1.93. The average molecular weight is 311 g/mol. The summed E-state index contributed by atoms with van der Waals surface area (Å²) in [7, 11) is 0. The minimum atomic E-state index is -4.47. The van der Waals surface area contributed by atoms with Gasteiger partial charge in [-0.05, 0) is 50.4 Å². The summed E-state index contributed by atoms with van der Waals surface area (Å²) in [6.45, 7) is 1.90. The molecule has 22 heavy (non-hydrogen) atoms. The molecule has 1 aliphatic heterocycles. The SMILES string of the molecule is O=c1cc(CC2CCNCC2)nc2ccc(C(F)(F)F)cn12. The maximum Gasteiger partial charge on any atom is 0.417 e. The van der Waals surface area contributed by atoms with Crippen LogP contribution in [0, 0.1) is 5.92 Å². The van der Waals surface area contributed by atoms with Gasteiger partial charge in [0.15, 0.2) is 0 Å². The van der Waals surface area contributed by atoms with Crippen molar-refractivity contribution in [2.75, 3.05) is 13.1 Å². The van der Waals surface area contributed by atoms with Crippen molar-refractivity contribution in [3.63, 3.8) is 0 Å². The number of halogens is 3. The molecule has 1 saturated heterocycles. The smallest absolute Gasteiger partial charge is 0.317 e. The van der Waals surface area contributed by atoms with Crippen molar-refractivity contribution in [3.05, 3.63) is 46.0 Å². The lowest BCUT2D eigenvalue weighted by molar-refractivity contribution is -0.137. The van der Waals surface area contributed by atoms with Gasteiger partial charge in [0.25, 0.3) is 5.56 Å². The molecule has 2 aromatic rings. The summed E-state index contributed by atoms with van der Waals surface area (Å²) in [6.07, 6.45) is -0.934. The van der Waals surface area contributed by atoms with Crippen LogP contribution in [0.25, 0.3) is 5.65 Å². The molecule has 1 aliphatic rings. The Morgan fingerprint density at radius 3 is 2.68 bits per heavy atom. The number of rotatable bonds is 2. The summed E-state index contributed by atoms with van der Waals surface area (Å²) in [6, 6.07) is 3.54. The highest BCUT2D eigenvalue weighted by Crippen LogP contribution is 2.28. The van der Waals surface area contributed by atoms with E-state index in [1.807, 2.05) is 0 Å². The van der Waals surface area contributed by atoms with Gasteiger partial charge in [-0.2, -0.15) is 13.2 Å². The van der Waals surface area contributed by atoms with Crippen LogP contribution in [-0.4, -0.2) is 22.5 Å². The zero-order valence-corrected chi connectivity index (χ0v) is 11.9. The summed E-state index contributed by atoms with van der Waals surface area (Å²) in [4.78, 5) is 16.4. The zero-order chi connectivity index (χ0) is 15.7. The van der Waals surface area contributed by atoms with Gasteiger partial charge >= 0.3 is 6.18 Å². The highest BCUT2D eigenvalue weighted by molar-refractivity contribution is 5.40. The summed E-state index contributed by atoms with van der Waals surface area (Å²) >= 11 is 0. The van der Waals surface area contributed by atoms with E-state index in [-0.39, 0.29) is 5.65 Å². The van der Waals surface area contributed by atoms with Crippen LogP contribution in [0.5, 0.6) is 0 Å². The van der Waals surface area contributed by atoms with Crippen LogP contribution in [0.2, 0.25) is 0 Å². The Hall–Kier alpha value is -1.89. The summed E-state index contributed by atoms with van der Waals surface area (Å²) in [5.74, 6) is 0.463. The van der Waals surface area contributed by atoms with Gasteiger partial charge in [-0.3, -0.25) is 9.20 Å². The van der Waals surface area contributed by atoms with Crippen molar-refractivity contribution in [3.8, 4) is 0 Å². The molecular weight excluding hydrogens is 295 g/mol. The van der Waals surface area contributed by atoms with Gasteiger partial charge in [0, 0.05) is 18.0 Å². The predicted molar refractivity (Wildman–Crippen MR) is 75.8 cm³/mol. The van der Waals surface area contributed by atoms with E-state index in [1.54, 1.807) is 0 Å². The molecule has 0 unspecified atom stereocenters. The van der Waals surface area contributed by atoms with Crippen LogP contribution < -0.4 is 10.9 Å². The second-order valence-corrected chi connectivity index (χ2v) is 5.63. The minimum Gasteiger partial charge on any atom is -0.317 e. The average Bonchev–Trinajstić information content (AvgIpc) is 2.47. The Morgan fingerprint density at radius 1 is 1.27 bits per heavy atom. The molecule has 118 valence electrons. The van der Waals surface area contributed by atoms with E-state index in [0.717, 1.165) is 42.6 Å². The van der Waals surface area contributed by atoms with E-state index < -0.39 is 17.3 Å². The summed E-state index contributed by atoms with van der Waals surface area (Å²) in [5, 5.41) is 3.27. The Kier molecular flexibility index (Phi) is 3.90. The van der Waals surface area contributed by atoms with Gasteiger partial charge in [-0.15, -0.1) is 0 Å². The molecule has 0 aliphatic carbocycles. The quantitative estimate of drug-likeness (QED) is 0.925. The van der Waals surface area contributed by atoms with Crippen LogP contribution in [0.3, 0.4) is 0 Å². The number of fused-ring (bicyclic) bond motifs is 1. The monoisotopic (exact) mass is 311 g/mol. The minimum absolute atomic E-state index is 0.254. The van der Waals surface area contributed by atoms with E-state index in [0.29, 0.717) is 18.0 Å². The van der Waals surface area contributed by atoms with Gasteiger partial charge in [0.05, 0.1) is 5.56 Å². The fourth-order valence-corrected chi connectivity index (χ4v) is 2.81. The first-order chi connectivity index (χ1) is 10.4. The number of hydrogen-bond acceptors (Lipinski definition) is 3. The molecule has 0 aromatic carbocycles. The molecule has 2 aromatic heterocycles. The standard InChI is InChI=1S/C15H16F3N3O/c16-15(17,18)11-1-2-13-20-12(8-14(22)21(13)9-11)7-10-3-5-19-6-4-10/h1-2,8-10,19H,3-7H2. The topological polar surface area (TPSA) is 46.4 Å². The first kappa shape index (κ1) is 15.0. The fraction of sp³-hybridized carbons (Fsp3) is 0.467. The molecule has 0 bridgehead atoms. The van der Waals surface area contributed by atoms with Gasteiger partial charge < -0.3 is 5.32 Å². The van der Waals surface area contributed by atoms with Crippen LogP contribution in [0.1, 0.15) is 24.1 Å². The van der Waals surface area contributed by atoms with Gasteiger partial charge in [0.1, 0.15) is 5.65 Å². The normalized spacial score (nSPS) is 17.0. The van der Waals surface area contributed by atoms with Gasteiger partial charge in [0.2, 0.25) is 0 Å². The molecule has 1 fully saturated rings. The van der Waals surface area contributed by atoms with Crippen molar-refractivity contribution in [1.82, 2.24) is 14.7 Å². The van der Waals surface area contributed by atoms with Crippen molar-refractivity contribution in [1.29, 1.82) is 0 Å². The molecule has 0 saturated carbocycles. The number of hydrogen-bond donors (Lipinski definition) is 1. The lowest BCUT2D eigenvalue weighted by atomic mass is 9.93. The lowest BCUT2D eigenvalue weighted by Crippen LogP contribution is -2.29. The number of nitrogens with zero attached hydrogens (tertiary/aromatic N) is 2. The number of alkyl halides is 3. The van der Waals surface area contributed by atoms with Crippen LogP contribution in [0.15, 0.2) is 29.2 Å². The maximum absolute atomic E-state index is 12.7. The summed E-state index contributed by atoms with van der Waals surface area (Å²) < 4.78 is 39.0. The first-order valence-corrected chi connectivity index (χ1v) is 7.24. The first-order valence-electron chi connectivity index (χ1n) is 7.24. The van der Waals surface area contributed by atoms with Crippen LogP contribution >= 0.6 is 0 Å². The van der Waals surface area contributed by atoms with E-state index in [4.69, 9.17) is 0 Å². The number of aromatic nitrogens is 2. The molecule has 0 atom stereocenters. The predicted octanol–water partition coefficient (Wildman–Crippen LogP) is 2.26. The molecule has 3 rings (SSSR count). The third-order valence-electron chi connectivity index (χ3n) is 4.00. The van der Waals surface area contributed by atoms with Crippen molar-refractivity contribution in [2.45, 2.75) is 25.4 Å². The Bertz CT molecular complexity index is 733. The van der Waals surface area contributed by atoms with Crippen molar-refractivity contribution < 1.29 is 13.2 Å². The second-order valence-electron chi connectivity index (χ2n) is 5.63. The molecule has 0 spiro atoms. The van der Waals surface area contributed by atoms with Crippen molar-refractivity contribution in [2.24, 2.45) is 5.92 Å². The fourth-order valence-electron chi connectivity index (χ4n) is 2.81. The maximum atomic E-state index is 12.7. The number of nitrogens with one attached hydrogen (secondary N) is 1. The Morgan fingerprint density at radius 2 is 2.00 bits per heavy atom. The third-order valence-corrected chi connectivity index (χ3v) is 4.00. The molecule has 7 heteroatoms. The molecule has 3 heterocycles. The molecule has 0 amide bonds. The second kappa shape index (κ2) is 5.72. The van der Waals surface area contributed by atoms with Gasteiger partial charge in [-0.25, -0.2) is 4.98 Å². The van der Waals surface area contributed by atoms with E-state index in [2.05, 4.69) is 10.3 Å². The van der Waals surface area contributed by atoms with E-state index in [1.165, 1.54) is 12.1 Å². The van der Waals surface area contributed by atoms with Crippen molar-refractivity contribution >= 4 is 5.65 Å². The molecule has 0 radical (unpaired) electrons. The Labute approximate surface area is 125 Å². The lowest BCUT2D eigenvalue weighted by Gasteiger charge is -2.22. The third kappa shape index (κ3) is 3.14. The highest BCUT2D eigenvalue weighted by atomic mass is 19.4. The van der Waals surface area contributed by atoms with E-state index in [9.17, 15) is 18.0 Å². The molecule has 4 nitrogen and oxygen atoms in total. The molecule has 1 N–H and O–H groups in total. The van der Waals surface area contributed by atoms with E-state index >= 15 is 0 Å². The van der Waals surface area contributed by atoms with Crippen LogP contribution in [-0.2, 0) is 12.6 Å².